The lowest BCUT2D eigenvalue weighted by atomic mass is 9.96. The van der Waals surface area contributed by atoms with E-state index >= 15 is 0 Å². The van der Waals surface area contributed by atoms with Gasteiger partial charge in [-0.1, -0.05) is 17.3 Å². The lowest BCUT2D eigenvalue weighted by molar-refractivity contribution is 0.0704. The summed E-state index contributed by atoms with van der Waals surface area (Å²) in [5.41, 5.74) is 6.57. The first kappa shape index (κ1) is 16.9. The molecule has 1 aromatic heterocycles. The molecule has 1 fully saturated rings. The van der Waals surface area contributed by atoms with Gasteiger partial charge in [0.2, 0.25) is 5.89 Å². The van der Waals surface area contributed by atoms with E-state index in [9.17, 15) is 9.59 Å². The van der Waals surface area contributed by atoms with Gasteiger partial charge in [-0.3, -0.25) is 4.79 Å². The van der Waals surface area contributed by atoms with Crippen LogP contribution in [0.3, 0.4) is 0 Å². The number of nitrogens with two attached hydrogens (primary N) is 1. The summed E-state index contributed by atoms with van der Waals surface area (Å²) in [6.07, 6.45) is 1.63. The molecule has 0 bridgehead atoms. The van der Waals surface area contributed by atoms with Gasteiger partial charge in [0.05, 0.1) is 0 Å². The highest BCUT2D eigenvalue weighted by molar-refractivity contribution is 5.94. The van der Waals surface area contributed by atoms with Crippen LogP contribution < -0.4 is 11.1 Å². The van der Waals surface area contributed by atoms with Gasteiger partial charge in [0.1, 0.15) is 0 Å². The van der Waals surface area contributed by atoms with Crippen LogP contribution in [0.15, 0.2) is 28.8 Å². The number of nitrogens with zero attached hydrogens (tertiary/aromatic N) is 3. The topological polar surface area (TPSA) is 114 Å². The van der Waals surface area contributed by atoms with E-state index in [-0.39, 0.29) is 11.8 Å². The minimum Gasteiger partial charge on any atom is -0.352 e. The molecule has 1 aromatic carbocycles. The van der Waals surface area contributed by atoms with Crippen LogP contribution in [0.25, 0.3) is 0 Å². The molecule has 1 aliphatic heterocycles. The predicted octanol–water partition coefficient (Wildman–Crippen LogP) is 1.57. The monoisotopic (exact) mass is 343 g/mol. The Balaban J connectivity index is 1.56. The number of urea groups is 1. The number of hydrogen-bond acceptors (Lipinski definition) is 5. The Morgan fingerprint density at radius 3 is 2.52 bits per heavy atom. The summed E-state index contributed by atoms with van der Waals surface area (Å²) in [5, 5.41) is 6.35. The molecule has 3 rings (SSSR count). The van der Waals surface area contributed by atoms with Crippen molar-refractivity contribution in [3.8, 4) is 0 Å². The molecule has 132 valence electrons. The molecule has 3 N–H and O–H groups in total. The van der Waals surface area contributed by atoms with E-state index in [1.54, 1.807) is 19.1 Å². The van der Waals surface area contributed by atoms with Crippen LogP contribution in [0, 0.1) is 6.92 Å². The Hall–Kier alpha value is -2.90. The number of aromatic nitrogens is 2. The maximum absolute atomic E-state index is 12.6. The number of nitrogens with one attached hydrogen (secondary N) is 1. The molecule has 2 aromatic rings. The summed E-state index contributed by atoms with van der Waals surface area (Å²) in [7, 11) is 0. The second-order valence-corrected chi connectivity index (χ2v) is 6.16. The lowest BCUT2D eigenvalue weighted by Crippen LogP contribution is -2.38. The smallest absolute Gasteiger partial charge is 0.312 e. The number of rotatable bonds is 4. The maximum atomic E-state index is 12.6. The number of hydrogen-bond donors (Lipinski definition) is 2. The fourth-order valence-electron chi connectivity index (χ4n) is 2.95. The number of carbonyl (C=O) groups excluding carboxylic acids is 2. The zero-order valence-corrected chi connectivity index (χ0v) is 14.1. The Kier molecular flexibility index (Phi) is 4.97. The van der Waals surface area contributed by atoms with E-state index < -0.39 is 6.03 Å². The van der Waals surface area contributed by atoms with Gasteiger partial charge in [-0.05, 0) is 37.5 Å². The average molecular weight is 343 g/mol. The molecular formula is C17H21N5O3. The van der Waals surface area contributed by atoms with Crippen LogP contribution in [0.4, 0.5) is 4.79 Å². The summed E-state index contributed by atoms with van der Waals surface area (Å²) in [5.74, 6) is 1.53. The third kappa shape index (κ3) is 4.14. The van der Waals surface area contributed by atoms with E-state index in [0.29, 0.717) is 36.9 Å². The van der Waals surface area contributed by atoms with E-state index in [0.717, 1.165) is 18.4 Å². The van der Waals surface area contributed by atoms with Crippen molar-refractivity contribution < 1.29 is 14.1 Å². The van der Waals surface area contributed by atoms with Crippen LogP contribution in [-0.2, 0) is 6.54 Å². The van der Waals surface area contributed by atoms with E-state index in [1.165, 1.54) is 0 Å². The summed E-state index contributed by atoms with van der Waals surface area (Å²) in [6.45, 7) is 3.47. The molecule has 0 unspecified atom stereocenters. The van der Waals surface area contributed by atoms with Crippen molar-refractivity contribution in [3.63, 3.8) is 0 Å². The van der Waals surface area contributed by atoms with Crippen LogP contribution in [0.1, 0.15) is 46.4 Å². The van der Waals surface area contributed by atoms with Crippen molar-refractivity contribution in [2.24, 2.45) is 5.73 Å². The van der Waals surface area contributed by atoms with Crippen molar-refractivity contribution in [1.82, 2.24) is 20.4 Å². The highest BCUT2D eigenvalue weighted by atomic mass is 16.5. The number of amides is 3. The van der Waals surface area contributed by atoms with Crippen molar-refractivity contribution in [2.75, 3.05) is 13.1 Å². The Labute approximate surface area is 145 Å². The number of piperidine rings is 1. The van der Waals surface area contributed by atoms with Gasteiger partial charge in [-0.25, -0.2) is 4.79 Å². The Morgan fingerprint density at radius 2 is 1.96 bits per heavy atom. The molecule has 1 aliphatic rings. The fourth-order valence-corrected chi connectivity index (χ4v) is 2.95. The molecule has 0 saturated carbocycles. The van der Waals surface area contributed by atoms with Crippen molar-refractivity contribution in [3.05, 3.63) is 47.1 Å². The second kappa shape index (κ2) is 7.33. The summed E-state index contributed by atoms with van der Waals surface area (Å²) in [6, 6.07) is 6.61. The predicted molar refractivity (Wildman–Crippen MR) is 89.8 cm³/mol. The largest absolute Gasteiger partial charge is 0.352 e. The molecule has 1 saturated heterocycles. The van der Waals surface area contributed by atoms with E-state index in [1.807, 2.05) is 17.0 Å². The number of likely N-dealkylation sites (tertiary alicyclic amines) is 1. The average Bonchev–Trinajstić information content (AvgIpc) is 3.06. The van der Waals surface area contributed by atoms with Gasteiger partial charge in [0.15, 0.2) is 5.82 Å². The molecule has 0 radical (unpaired) electrons. The SMILES string of the molecule is Cc1noc(C2CCN(C(=O)c3ccc(CNC(N)=O)cc3)CC2)n1. The van der Waals surface area contributed by atoms with Crippen LogP contribution in [-0.4, -0.2) is 40.1 Å². The van der Waals surface area contributed by atoms with Gasteiger partial charge in [0.25, 0.3) is 5.91 Å². The third-order valence-electron chi connectivity index (χ3n) is 4.34. The first-order valence-corrected chi connectivity index (χ1v) is 8.24. The van der Waals surface area contributed by atoms with Crippen molar-refractivity contribution in [2.45, 2.75) is 32.2 Å². The number of carbonyl (C=O) groups is 2. The van der Waals surface area contributed by atoms with Gasteiger partial charge < -0.3 is 20.5 Å². The molecule has 0 aliphatic carbocycles. The number of benzene rings is 1. The molecule has 25 heavy (non-hydrogen) atoms. The lowest BCUT2D eigenvalue weighted by Gasteiger charge is -2.30. The Morgan fingerprint density at radius 1 is 1.28 bits per heavy atom. The normalized spacial score (nSPS) is 15.2. The van der Waals surface area contributed by atoms with Gasteiger partial charge in [-0.2, -0.15) is 4.98 Å². The van der Waals surface area contributed by atoms with Crippen LogP contribution >= 0.6 is 0 Å². The second-order valence-electron chi connectivity index (χ2n) is 6.16. The summed E-state index contributed by atoms with van der Waals surface area (Å²) >= 11 is 0. The molecule has 3 amide bonds. The van der Waals surface area contributed by atoms with E-state index in [4.69, 9.17) is 10.3 Å². The molecule has 8 nitrogen and oxygen atoms in total. The maximum Gasteiger partial charge on any atom is 0.312 e. The molecule has 2 heterocycles. The summed E-state index contributed by atoms with van der Waals surface area (Å²) < 4.78 is 5.23. The quantitative estimate of drug-likeness (QED) is 0.874. The summed E-state index contributed by atoms with van der Waals surface area (Å²) in [4.78, 5) is 29.5. The minimum atomic E-state index is -0.570. The van der Waals surface area contributed by atoms with E-state index in [2.05, 4.69) is 15.5 Å². The highest BCUT2D eigenvalue weighted by Crippen LogP contribution is 2.27. The number of primary amides is 1. The molecule has 0 spiro atoms. The number of aryl methyl sites for hydroxylation is 1. The molecule has 0 atom stereocenters. The zero-order chi connectivity index (χ0) is 17.8. The minimum absolute atomic E-state index is 0.00886. The van der Waals surface area contributed by atoms with Gasteiger partial charge in [-0.15, -0.1) is 0 Å². The van der Waals surface area contributed by atoms with Gasteiger partial charge in [0, 0.05) is 31.1 Å². The molecular weight excluding hydrogens is 322 g/mol. The standard InChI is InChI=1S/C17H21N5O3/c1-11-20-15(25-21-11)13-6-8-22(9-7-13)16(23)14-4-2-12(3-5-14)10-19-17(18)24/h2-5,13H,6-10H2,1H3,(H3,18,19,24). The highest BCUT2D eigenvalue weighted by Gasteiger charge is 2.27. The fraction of sp³-hybridized carbons (Fsp3) is 0.412. The van der Waals surface area contributed by atoms with Crippen LogP contribution in [0.2, 0.25) is 0 Å². The first-order chi connectivity index (χ1) is 12.0. The zero-order valence-electron chi connectivity index (χ0n) is 14.1. The van der Waals surface area contributed by atoms with Crippen LogP contribution in [0.5, 0.6) is 0 Å². The Bertz CT molecular complexity index is 748. The first-order valence-electron chi connectivity index (χ1n) is 8.24. The van der Waals surface area contributed by atoms with Crippen molar-refractivity contribution >= 4 is 11.9 Å². The third-order valence-corrected chi connectivity index (χ3v) is 4.34. The van der Waals surface area contributed by atoms with Gasteiger partial charge >= 0.3 is 6.03 Å². The molecule has 8 heteroatoms. The van der Waals surface area contributed by atoms with Crippen molar-refractivity contribution in [1.29, 1.82) is 0 Å².